The largest absolute Gasteiger partial charge is 0.309 e. The Labute approximate surface area is 103 Å². The van der Waals surface area contributed by atoms with Crippen LogP contribution in [0.4, 0.5) is 0 Å². The van der Waals surface area contributed by atoms with Crippen LogP contribution in [-0.2, 0) is 0 Å². The molecule has 1 fully saturated rings. The maximum atomic E-state index is 5.88. The first-order valence-electron chi connectivity index (χ1n) is 5.83. The smallest absolute Gasteiger partial charge is 0.0432 e. The Morgan fingerprint density at radius 1 is 1.40 bits per heavy atom. The third-order valence-corrected chi connectivity index (χ3v) is 3.95. The molecule has 1 aliphatic rings. The highest BCUT2D eigenvalue weighted by atomic mass is 35.5. The summed E-state index contributed by atoms with van der Waals surface area (Å²) in [4.78, 5) is 0. The van der Waals surface area contributed by atoms with Gasteiger partial charge in [-0.15, -0.1) is 0 Å². The van der Waals surface area contributed by atoms with Crippen LogP contribution >= 0.6 is 23.2 Å². The summed E-state index contributed by atoms with van der Waals surface area (Å²) >= 11 is 11.4. The summed E-state index contributed by atoms with van der Waals surface area (Å²) in [6.07, 6.45) is 5.33. The molecule has 0 spiro atoms. The van der Waals surface area contributed by atoms with Crippen LogP contribution < -0.4 is 5.32 Å². The molecule has 15 heavy (non-hydrogen) atoms. The number of halogens is 2. The van der Waals surface area contributed by atoms with E-state index in [-0.39, 0.29) is 0 Å². The summed E-state index contributed by atoms with van der Waals surface area (Å²) < 4.78 is 0. The summed E-state index contributed by atoms with van der Waals surface area (Å²) in [6, 6.07) is 0.615. The molecule has 1 nitrogen and oxygen atoms in total. The van der Waals surface area contributed by atoms with Crippen molar-refractivity contribution >= 4 is 23.2 Å². The second kappa shape index (κ2) is 6.78. The van der Waals surface area contributed by atoms with Gasteiger partial charge in [0.25, 0.3) is 0 Å². The zero-order valence-electron chi connectivity index (χ0n) is 9.60. The highest BCUT2D eigenvalue weighted by Gasteiger charge is 2.26. The van der Waals surface area contributed by atoms with Crippen molar-refractivity contribution in [3.63, 3.8) is 0 Å². The van der Waals surface area contributed by atoms with E-state index < -0.39 is 0 Å². The number of rotatable bonds is 4. The molecule has 0 aromatic heterocycles. The SMILES string of the molecule is CC(C)C1CCCCC1NCC(Cl)=CCl. The van der Waals surface area contributed by atoms with Crippen LogP contribution in [0.2, 0.25) is 0 Å². The van der Waals surface area contributed by atoms with Gasteiger partial charge in [-0.05, 0) is 24.7 Å². The minimum absolute atomic E-state index is 0.615. The average Bonchev–Trinajstić information content (AvgIpc) is 2.26. The molecule has 0 heterocycles. The summed E-state index contributed by atoms with van der Waals surface area (Å²) in [5.74, 6) is 1.54. The van der Waals surface area contributed by atoms with E-state index in [9.17, 15) is 0 Å². The van der Waals surface area contributed by atoms with E-state index in [1.807, 2.05) is 0 Å². The van der Waals surface area contributed by atoms with E-state index in [1.54, 1.807) is 0 Å². The second-order valence-electron chi connectivity index (χ2n) is 4.74. The molecule has 0 saturated heterocycles. The molecule has 0 aromatic rings. The Morgan fingerprint density at radius 3 is 2.67 bits per heavy atom. The van der Waals surface area contributed by atoms with E-state index in [2.05, 4.69) is 19.2 Å². The van der Waals surface area contributed by atoms with Gasteiger partial charge >= 0.3 is 0 Å². The van der Waals surface area contributed by atoms with Crippen LogP contribution in [0.3, 0.4) is 0 Å². The molecule has 2 unspecified atom stereocenters. The molecule has 1 saturated carbocycles. The lowest BCUT2D eigenvalue weighted by molar-refractivity contribution is 0.210. The molecule has 0 aromatic carbocycles. The van der Waals surface area contributed by atoms with Gasteiger partial charge in [-0.2, -0.15) is 0 Å². The Morgan fingerprint density at radius 2 is 2.07 bits per heavy atom. The van der Waals surface area contributed by atoms with Crippen LogP contribution in [0.5, 0.6) is 0 Å². The van der Waals surface area contributed by atoms with Crippen molar-refractivity contribution in [1.29, 1.82) is 0 Å². The van der Waals surface area contributed by atoms with E-state index in [4.69, 9.17) is 23.2 Å². The number of hydrogen-bond acceptors (Lipinski definition) is 1. The minimum Gasteiger partial charge on any atom is -0.309 e. The van der Waals surface area contributed by atoms with Gasteiger partial charge in [-0.25, -0.2) is 0 Å². The molecule has 0 amide bonds. The third kappa shape index (κ3) is 4.34. The van der Waals surface area contributed by atoms with Gasteiger partial charge < -0.3 is 5.32 Å². The van der Waals surface area contributed by atoms with Crippen molar-refractivity contribution in [2.45, 2.75) is 45.6 Å². The molecule has 1 N–H and O–H groups in total. The Kier molecular flexibility index (Phi) is 6.03. The molecular weight excluding hydrogens is 229 g/mol. The van der Waals surface area contributed by atoms with Crippen LogP contribution in [0.25, 0.3) is 0 Å². The van der Waals surface area contributed by atoms with Crippen LogP contribution in [0.15, 0.2) is 10.6 Å². The number of nitrogens with one attached hydrogen (secondary N) is 1. The van der Waals surface area contributed by atoms with Gasteiger partial charge in [-0.1, -0.05) is 49.9 Å². The van der Waals surface area contributed by atoms with E-state index >= 15 is 0 Å². The van der Waals surface area contributed by atoms with Gasteiger partial charge in [0.05, 0.1) is 0 Å². The van der Waals surface area contributed by atoms with Crippen molar-refractivity contribution in [2.75, 3.05) is 6.54 Å². The molecule has 1 rings (SSSR count). The summed E-state index contributed by atoms with van der Waals surface area (Å²) in [5.41, 5.74) is 1.45. The Hall–Kier alpha value is 0.280. The maximum Gasteiger partial charge on any atom is 0.0432 e. The average molecular weight is 250 g/mol. The summed E-state index contributed by atoms with van der Waals surface area (Å²) in [7, 11) is 0. The number of hydrogen-bond donors (Lipinski definition) is 1. The third-order valence-electron chi connectivity index (χ3n) is 3.33. The van der Waals surface area contributed by atoms with E-state index in [0.29, 0.717) is 17.6 Å². The predicted octanol–water partition coefficient (Wildman–Crippen LogP) is 4.11. The van der Waals surface area contributed by atoms with Crippen molar-refractivity contribution in [3.8, 4) is 0 Å². The van der Waals surface area contributed by atoms with Gasteiger partial charge in [-0.3, -0.25) is 0 Å². The fourth-order valence-electron chi connectivity index (χ4n) is 2.48. The molecule has 0 bridgehead atoms. The van der Waals surface area contributed by atoms with Gasteiger partial charge in [0, 0.05) is 23.2 Å². The highest BCUT2D eigenvalue weighted by Crippen LogP contribution is 2.30. The van der Waals surface area contributed by atoms with E-state index in [0.717, 1.165) is 11.8 Å². The van der Waals surface area contributed by atoms with Crippen molar-refractivity contribution in [2.24, 2.45) is 11.8 Å². The topological polar surface area (TPSA) is 12.0 Å². The zero-order chi connectivity index (χ0) is 11.3. The standard InChI is InChI=1S/C12H21Cl2N/c1-9(2)11-5-3-4-6-12(11)15-8-10(14)7-13/h7,9,11-12,15H,3-6,8H2,1-2H3. The van der Waals surface area contributed by atoms with Crippen LogP contribution in [0.1, 0.15) is 39.5 Å². The predicted molar refractivity (Wildman–Crippen MR) is 68.4 cm³/mol. The molecule has 3 heteroatoms. The fourth-order valence-corrected chi connectivity index (χ4v) is 2.63. The lowest BCUT2D eigenvalue weighted by Crippen LogP contribution is -2.41. The van der Waals surface area contributed by atoms with Crippen molar-refractivity contribution in [3.05, 3.63) is 10.6 Å². The minimum atomic E-state index is 0.615. The van der Waals surface area contributed by atoms with Gasteiger partial charge in [0.2, 0.25) is 0 Å². The monoisotopic (exact) mass is 249 g/mol. The fraction of sp³-hybridized carbons (Fsp3) is 0.833. The first-order valence-corrected chi connectivity index (χ1v) is 6.64. The quantitative estimate of drug-likeness (QED) is 0.791. The lowest BCUT2D eigenvalue weighted by atomic mass is 9.78. The maximum absolute atomic E-state index is 5.88. The molecule has 0 radical (unpaired) electrons. The molecule has 88 valence electrons. The molecule has 2 atom stereocenters. The normalized spacial score (nSPS) is 28.5. The van der Waals surface area contributed by atoms with Crippen LogP contribution in [-0.4, -0.2) is 12.6 Å². The van der Waals surface area contributed by atoms with Gasteiger partial charge in [0.1, 0.15) is 0 Å². The van der Waals surface area contributed by atoms with Crippen molar-refractivity contribution in [1.82, 2.24) is 5.32 Å². The summed E-state index contributed by atoms with van der Waals surface area (Å²) in [6.45, 7) is 5.33. The van der Waals surface area contributed by atoms with E-state index in [1.165, 1.54) is 31.2 Å². The molecule has 0 aliphatic heterocycles. The van der Waals surface area contributed by atoms with Gasteiger partial charge in [0.15, 0.2) is 0 Å². The highest BCUT2D eigenvalue weighted by molar-refractivity contribution is 6.36. The Balaban J connectivity index is 2.42. The van der Waals surface area contributed by atoms with Crippen molar-refractivity contribution < 1.29 is 0 Å². The second-order valence-corrected chi connectivity index (χ2v) is 5.44. The zero-order valence-corrected chi connectivity index (χ0v) is 11.1. The first-order chi connectivity index (χ1) is 7.15. The first kappa shape index (κ1) is 13.3. The Bertz CT molecular complexity index is 214. The summed E-state index contributed by atoms with van der Waals surface area (Å²) in [5, 5.41) is 4.22. The molecular formula is C12H21Cl2N. The molecule has 1 aliphatic carbocycles. The lowest BCUT2D eigenvalue weighted by Gasteiger charge is -2.35. The van der Waals surface area contributed by atoms with Crippen LogP contribution in [0, 0.1) is 11.8 Å².